The molecule has 1 unspecified atom stereocenters. The second-order valence-electron chi connectivity index (χ2n) is 3.68. The Morgan fingerprint density at radius 3 is 2.82 bits per heavy atom. The molecule has 0 aliphatic carbocycles. The van der Waals surface area contributed by atoms with E-state index in [0.29, 0.717) is 10.0 Å². The third-order valence-electron chi connectivity index (χ3n) is 2.58. The summed E-state index contributed by atoms with van der Waals surface area (Å²) in [6.45, 7) is 0. The molecule has 1 aromatic heterocycles. The lowest BCUT2D eigenvalue weighted by Gasteiger charge is -2.15. The van der Waals surface area contributed by atoms with Crippen LogP contribution >= 0.6 is 34.5 Å². The third kappa shape index (κ3) is 3.19. The smallest absolute Gasteiger partial charge is 0.0794 e. The molecular weight excluding hydrogens is 275 g/mol. The zero-order valence-electron chi connectivity index (χ0n) is 9.28. The Balaban J connectivity index is 2.19. The molecule has 0 spiro atoms. The molecule has 0 radical (unpaired) electrons. The molecule has 90 valence electrons. The molecule has 1 aromatic carbocycles. The molecule has 0 bridgehead atoms. The zero-order chi connectivity index (χ0) is 12.3. The van der Waals surface area contributed by atoms with Crippen molar-refractivity contribution in [2.24, 2.45) is 0 Å². The second kappa shape index (κ2) is 5.83. The van der Waals surface area contributed by atoms with Gasteiger partial charge in [0.2, 0.25) is 0 Å². The maximum absolute atomic E-state index is 6.17. The van der Waals surface area contributed by atoms with Crippen LogP contribution < -0.4 is 5.32 Å². The van der Waals surface area contributed by atoms with Crippen molar-refractivity contribution in [3.05, 3.63) is 50.4 Å². The van der Waals surface area contributed by atoms with Gasteiger partial charge in [-0.3, -0.25) is 4.98 Å². The SMILES string of the molecule is CNC(Cc1ccc(Cl)cc1Cl)c1cncs1. The van der Waals surface area contributed by atoms with Gasteiger partial charge in [-0.2, -0.15) is 0 Å². The van der Waals surface area contributed by atoms with Gasteiger partial charge < -0.3 is 5.32 Å². The number of hydrogen-bond acceptors (Lipinski definition) is 3. The highest BCUT2D eigenvalue weighted by atomic mass is 35.5. The van der Waals surface area contributed by atoms with E-state index in [1.54, 1.807) is 17.4 Å². The first-order valence-corrected chi connectivity index (χ1v) is 6.84. The van der Waals surface area contributed by atoms with Gasteiger partial charge in [-0.05, 0) is 31.2 Å². The van der Waals surface area contributed by atoms with E-state index in [2.05, 4.69) is 10.3 Å². The van der Waals surface area contributed by atoms with Crippen molar-refractivity contribution in [3.8, 4) is 0 Å². The minimum Gasteiger partial charge on any atom is -0.312 e. The summed E-state index contributed by atoms with van der Waals surface area (Å²) in [7, 11) is 1.94. The van der Waals surface area contributed by atoms with Crippen LogP contribution in [0.25, 0.3) is 0 Å². The maximum Gasteiger partial charge on any atom is 0.0794 e. The number of benzene rings is 1. The number of nitrogens with one attached hydrogen (secondary N) is 1. The van der Waals surface area contributed by atoms with E-state index in [1.165, 1.54) is 4.88 Å². The average molecular weight is 287 g/mol. The topological polar surface area (TPSA) is 24.9 Å². The average Bonchev–Trinajstić information content (AvgIpc) is 2.81. The van der Waals surface area contributed by atoms with Crippen LogP contribution in [0.1, 0.15) is 16.5 Å². The van der Waals surface area contributed by atoms with Crippen molar-refractivity contribution in [2.45, 2.75) is 12.5 Å². The summed E-state index contributed by atoms with van der Waals surface area (Å²) in [4.78, 5) is 5.30. The molecule has 1 atom stereocenters. The van der Waals surface area contributed by atoms with Crippen molar-refractivity contribution in [1.29, 1.82) is 0 Å². The number of aromatic nitrogens is 1. The summed E-state index contributed by atoms with van der Waals surface area (Å²) in [5, 5.41) is 4.65. The van der Waals surface area contributed by atoms with Crippen molar-refractivity contribution < 1.29 is 0 Å². The summed E-state index contributed by atoms with van der Waals surface area (Å²) in [6.07, 6.45) is 2.71. The Labute approximate surface area is 115 Å². The molecule has 2 nitrogen and oxygen atoms in total. The highest BCUT2D eigenvalue weighted by Gasteiger charge is 2.13. The van der Waals surface area contributed by atoms with Crippen LogP contribution in [0.15, 0.2) is 29.9 Å². The van der Waals surface area contributed by atoms with Gasteiger partial charge in [-0.1, -0.05) is 29.3 Å². The van der Waals surface area contributed by atoms with Gasteiger partial charge in [0.25, 0.3) is 0 Å². The first-order valence-electron chi connectivity index (χ1n) is 5.20. The lowest BCUT2D eigenvalue weighted by molar-refractivity contribution is 0.601. The van der Waals surface area contributed by atoms with E-state index in [-0.39, 0.29) is 6.04 Å². The van der Waals surface area contributed by atoms with E-state index in [4.69, 9.17) is 23.2 Å². The molecule has 2 aromatic rings. The van der Waals surface area contributed by atoms with E-state index >= 15 is 0 Å². The van der Waals surface area contributed by atoms with E-state index in [9.17, 15) is 0 Å². The summed E-state index contributed by atoms with van der Waals surface area (Å²) in [5.41, 5.74) is 2.92. The monoisotopic (exact) mass is 286 g/mol. The molecule has 0 saturated carbocycles. The molecule has 0 amide bonds. The Morgan fingerprint density at radius 2 is 2.24 bits per heavy atom. The minimum absolute atomic E-state index is 0.237. The summed E-state index contributed by atoms with van der Waals surface area (Å²) < 4.78 is 0. The zero-order valence-corrected chi connectivity index (χ0v) is 11.6. The fourth-order valence-electron chi connectivity index (χ4n) is 1.65. The van der Waals surface area contributed by atoms with E-state index in [1.807, 2.05) is 30.9 Å². The van der Waals surface area contributed by atoms with Gasteiger partial charge in [-0.15, -0.1) is 11.3 Å². The van der Waals surface area contributed by atoms with Crippen LogP contribution in [-0.4, -0.2) is 12.0 Å². The number of rotatable bonds is 4. The second-order valence-corrected chi connectivity index (χ2v) is 5.45. The lowest BCUT2D eigenvalue weighted by atomic mass is 10.1. The summed E-state index contributed by atoms with van der Waals surface area (Å²) >= 11 is 13.7. The Kier molecular flexibility index (Phi) is 4.40. The van der Waals surface area contributed by atoms with Gasteiger partial charge in [-0.25, -0.2) is 0 Å². The van der Waals surface area contributed by atoms with Crippen LogP contribution in [0.2, 0.25) is 10.0 Å². The fraction of sp³-hybridized carbons (Fsp3) is 0.250. The molecule has 1 heterocycles. The largest absolute Gasteiger partial charge is 0.312 e. The molecule has 0 saturated heterocycles. The van der Waals surface area contributed by atoms with Crippen LogP contribution in [-0.2, 0) is 6.42 Å². The van der Waals surface area contributed by atoms with E-state index < -0.39 is 0 Å². The number of hydrogen-bond donors (Lipinski definition) is 1. The molecule has 2 rings (SSSR count). The van der Waals surface area contributed by atoms with Crippen LogP contribution in [0.4, 0.5) is 0 Å². The predicted molar refractivity (Wildman–Crippen MR) is 74.1 cm³/mol. The number of halogens is 2. The van der Waals surface area contributed by atoms with Crippen molar-refractivity contribution >= 4 is 34.5 Å². The highest BCUT2D eigenvalue weighted by molar-refractivity contribution is 7.09. The van der Waals surface area contributed by atoms with E-state index in [0.717, 1.165) is 12.0 Å². The molecule has 0 fully saturated rings. The molecule has 0 aliphatic rings. The van der Waals surface area contributed by atoms with Crippen LogP contribution in [0.5, 0.6) is 0 Å². The lowest BCUT2D eigenvalue weighted by Crippen LogP contribution is -2.17. The molecule has 5 heteroatoms. The molecule has 1 N–H and O–H groups in total. The van der Waals surface area contributed by atoms with Gasteiger partial charge in [0.05, 0.1) is 5.51 Å². The van der Waals surface area contributed by atoms with Gasteiger partial charge in [0, 0.05) is 27.2 Å². The standard InChI is InChI=1S/C12H12Cl2N2S/c1-15-11(12-6-16-7-17-12)4-8-2-3-9(13)5-10(8)14/h2-3,5-7,11,15H,4H2,1H3. The minimum atomic E-state index is 0.237. The van der Waals surface area contributed by atoms with Crippen molar-refractivity contribution in [2.75, 3.05) is 7.05 Å². The van der Waals surface area contributed by atoms with Crippen molar-refractivity contribution in [3.63, 3.8) is 0 Å². The normalized spacial score (nSPS) is 12.6. The maximum atomic E-state index is 6.17. The Bertz CT molecular complexity index is 485. The van der Waals surface area contributed by atoms with Gasteiger partial charge >= 0.3 is 0 Å². The molecule has 0 aliphatic heterocycles. The number of thiazole rings is 1. The Morgan fingerprint density at radius 1 is 1.41 bits per heavy atom. The van der Waals surface area contributed by atoms with Gasteiger partial charge in [0.1, 0.15) is 0 Å². The Hall–Kier alpha value is -0.610. The van der Waals surface area contributed by atoms with Crippen LogP contribution in [0, 0.1) is 0 Å². The molecule has 17 heavy (non-hydrogen) atoms. The quantitative estimate of drug-likeness (QED) is 0.921. The highest BCUT2D eigenvalue weighted by Crippen LogP contribution is 2.27. The first kappa shape index (κ1) is 12.8. The first-order chi connectivity index (χ1) is 8.20. The number of nitrogens with zero attached hydrogens (tertiary/aromatic N) is 1. The van der Waals surface area contributed by atoms with Crippen LogP contribution in [0.3, 0.4) is 0 Å². The fourth-order valence-corrected chi connectivity index (χ4v) is 2.87. The summed E-state index contributed by atoms with van der Waals surface area (Å²) in [5.74, 6) is 0. The van der Waals surface area contributed by atoms with Gasteiger partial charge in [0.15, 0.2) is 0 Å². The third-order valence-corrected chi connectivity index (χ3v) is 4.06. The van der Waals surface area contributed by atoms with Crippen molar-refractivity contribution in [1.82, 2.24) is 10.3 Å². The number of likely N-dealkylation sites (N-methyl/N-ethyl adjacent to an activating group) is 1. The summed E-state index contributed by atoms with van der Waals surface area (Å²) in [6, 6.07) is 5.84. The predicted octanol–water partition coefficient (Wildman–Crippen LogP) is 3.95. The molecular formula is C12H12Cl2N2S.